The first-order chi connectivity index (χ1) is 9.18. The molecule has 0 fully saturated rings. The summed E-state index contributed by atoms with van der Waals surface area (Å²) in [6.07, 6.45) is 5.93. The number of halogens is 1. The van der Waals surface area contributed by atoms with Crippen LogP contribution in [0.1, 0.15) is 16.1 Å². The maximum atomic E-state index is 12.2. The molecule has 0 spiro atoms. The highest BCUT2D eigenvalue weighted by molar-refractivity contribution is 9.10. The monoisotopic (exact) mass is 319 g/mol. The third-order valence-electron chi connectivity index (χ3n) is 2.79. The summed E-state index contributed by atoms with van der Waals surface area (Å²) in [4.78, 5) is 22.0. The lowest BCUT2D eigenvalue weighted by atomic mass is 10.2. The van der Waals surface area contributed by atoms with Crippen molar-refractivity contribution in [1.29, 1.82) is 0 Å². The predicted molar refractivity (Wildman–Crippen MR) is 76.8 cm³/mol. The van der Waals surface area contributed by atoms with E-state index < -0.39 is 0 Å². The number of rotatable bonds is 4. The van der Waals surface area contributed by atoms with Gasteiger partial charge in [0, 0.05) is 36.7 Å². The molecule has 4 nitrogen and oxygen atoms in total. The first kappa shape index (κ1) is 13.7. The van der Waals surface area contributed by atoms with Crippen molar-refractivity contribution >= 4 is 21.8 Å². The molecule has 19 heavy (non-hydrogen) atoms. The molecule has 0 saturated heterocycles. The molecule has 0 aliphatic rings. The summed E-state index contributed by atoms with van der Waals surface area (Å²) in [6, 6.07) is 7.51. The molecule has 0 unspecified atom stereocenters. The van der Waals surface area contributed by atoms with Crippen molar-refractivity contribution in [2.75, 3.05) is 13.6 Å². The Bertz CT molecular complexity index is 560. The molecule has 0 aliphatic carbocycles. The Morgan fingerprint density at radius 1 is 1.26 bits per heavy atom. The number of hydrogen-bond donors (Lipinski definition) is 0. The van der Waals surface area contributed by atoms with Gasteiger partial charge in [0.05, 0.1) is 0 Å². The quantitative estimate of drug-likeness (QED) is 0.870. The summed E-state index contributed by atoms with van der Waals surface area (Å²) < 4.78 is 0.718. The molecule has 98 valence electrons. The lowest BCUT2D eigenvalue weighted by Crippen LogP contribution is -2.29. The van der Waals surface area contributed by atoms with Crippen molar-refractivity contribution in [3.63, 3.8) is 0 Å². The van der Waals surface area contributed by atoms with Gasteiger partial charge >= 0.3 is 0 Å². The van der Waals surface area contributed by atoms with E-state index in [2.05, 4.69) is 25.9 Å². The Balaban J connectivity index is 1.99. The molecule has 0 N–H and O–H groups in total. The number of aromatic nitrogens is 2. The van der Waals surface area contributed by atoms with Gasteiger partial charge in [0.25, 0.3) is 5.91 Å². The zero-order valence-electron chi connectivity index (χ0n) is 10.6. The van der Waals surface area contributed by atoms with Crippen molar-refractivity contribution in [2.24, 2.45) is 0 Å². The molecule has 2 aromatic heterocycles. The molecule has 2 aromatic rings. The predicted octanol–water partition coefficient (Wildman–Crippen LogP) is 2.55. The maximum Gasteiger partial charge on any atom is 0.273 e. The second-order valence-corrected chi connectivity index (χ2v) is 5.02. The van der Waals surface area contributed by atoms with E-state index in [0.29, 0.717) is 12.2 Å². The van der Waals surface area contributed by atoms with Crippen LogP contribution in [0.5, 0.6) is 0 Å². The summed E-state index contributed by atoms with van der Waals surface area (Å²) in [5.41, 5.74) is 1.61. The molecule has 2 rings (SSSR count). The van der Waals surface area contributed by atoms with Crippen LogP contribution in [0, 0.1) is 0 Å². The first-order valence-corrected chi connectivity index (χ1v) is 6.72. The number of pyridine rings is 2. The van der Waals surface area contributed by atoms with Gasteiger partial charge in [-0.05, 0) is 52.2 Å². The lowest BCUT2D eigenvalue weighted by molar-refractivity contribution is 0.0790. The summed E-state index contributed by atoms with van der Waals surface area (Å²) in [5, 5.41) is 0. The Morgan fingerprint density at radius 2 is 2.00 bits per heavy atom. The van der Waals surface area contributed by atoms with E-state index in [9.17, 15) is 4.79 Å². The third kappa shape index (κ3) is 3.61. The second kappa shape index (κ2) is 6.43. The van der Waals surface area contributed by atoms with E-state index in [1.54, 1.807) is 36.6 Å². The van der Waals surface area contributed by atoms with Crippen LogP contribution >= 0.6 is 15.9 Å². The van der Waals surface area contributed by atoms with Gasteiger partial charge in [0.15, 0.2) is 0 Å². The standard InChI is InChI=1S/C14H14BrN3O/c1-18(10-6-11-4-8-16-9-5-11)14(19)13-12(15)3-2-7-17-13/h2-5,7-9H,6,10H2,1H3. The van der Waals surface area contributed by atoms with Gasteiger partial charge < -0.3 is 4.90 Å². The van der Waals surface area contributed by atoms with Crippen LogP contribution in [0.25, 0.3) is 0 Å². The van der Waals surface area contributed by atoms with Crippen LogP contribution < -0.4 is 0 Å². The first-order valence-electron chi connectivity index (χ1n) is 5.93. The molecule has 1 amide bonds. The number of likely N-dealkylation sites (N-methyl/N-ethyl adjacent to an activating group) is 1. The second-order valence-electron chi connectivity index (χ2n) is 4.17. The molecule has 2 heterocycles. The minimum atomic E-state index is -0.0819. The van der Waals surface area contributed by atoms with Crippen LogP contribution in [0.3, 0.4) is 0 Å². The molecule has 0 bridgehead atoms. The summed E-state index contributed by atoms with van der Waals surface area (Å²) >= 11 is 3.34. The number of nitrogens with zero attached hydrogens (tertiary/aromatic N) is 3. The van der Waals surface area contributed by atoms with E-state index in [1.165, 1.54) is 0 Å². The Kier molecular flexibility index (Phi) is 4.63. The van der Waals surface area contributed by atoms with Crippen LogP contribution in [0.2, 0.25) is 0 Å². The lowest BCUT2D eigenvalue weighted by Gasteiger charge is -2.17. The van der Waals surface area contributed by atoms with Crippen molar-refractivity contribution in [2.45, 2.75) is 6.42 Å². The Morgan fingerprint density at radius 3 is 2.68 bits per heavy atom. The molecule has 0 aliphatic heterocycles. The van der Waals surface area contributed by atoms with Gasteiger partial charge in [-0.2, -0.15) is 0 Å². The van der Waals surface area contributed by atoms with Crippen LogP contribution in [0.15, 0.2) is 47.3 Å². The van der Waals surface area contributed by atoms with Crippen molar-refractivity contribution in [1.82, 2.24) is 14.9 Å². The van der Waals surface area contributed by atoms with Gasteiger partial charge in [0.1, 0.15) is 5.69 Å². The fourth-order valence-electron chi connectivity index (χ4n) is 1.67. The van der Waals surface area contributed by atoms with Crippen molar-refractivity contribution in [3.05, 3.63) is 58.6 Å². The minimum Gasteiger partial charge on any atom is -0.340 e. The highest BCUT2D eigenvalue weighted by Crippen LogP contribution is 2.15. The van der Waals surface area contributed by atoms with Crippen LogP contribution in [-0.2, 0) is 6.42 Å². The van der Waals surface area contributed by atoms with Crippen molar-refractivity contribution in [3.8, 4) is 0 Å². The molecule has 5 heteroatoms. The van der Waals surface area contributed by atoms with Crippen molar-refractivity contribution < 1.29 is 4.79 Å². The summed E-state index contributed by atoms with van der Waals surface area (Å²) in [5.74, 6) is -0.0819. The zero-order valence-corrected chi connectivity index (χ0v) is 12.2. The number of hydrogen-bond acceptors (Lipinski definition) is 3. The average Bonchev–Trinajstić information content (AvgIpc) is 2.45. The van der Waals surface area contributed by atoms with Crippen LogP contribution in [0.4, 0.5) is 0 Å². The third-order valence-corrected chi connectivity index (χ3v) is 3.43. The number of carbonyl (C=O) groups is 1. The van der Waals surface area contributed by atoms with E-state index in [0.717, 1.165) is 16.5 Å². The number of carbonyl (C=O) groups excluding carboxylic acids is 1. The smallest absolute Gasteiger partial charge is 0.273 e. The van der Waals surface area contributed by atoms with Crippen LogP contribution in [-0.4, -0.2) is 34.4 Å². The van der Waals surface area contributed by atoms with Gasteiger partial charge in [-0.25, -0.2) is 4.98 Å². The highest BCUT2D eigenvalue weighted by atomic mass is 79.9. The highest BCUT2D eigenvalue weighted by Gasteiger charge is 2.15. The molecule has 0 radical (unpaired) electrons. The van der Waals surface area contributed by atoms with E-state index in [-0.39, 0.29) is 5.91 Å². The molecule has 0 atom stereocenters. The average molecular weight is 320 g/mol. The molecular formula is C14H14BrN3O. The van der Waals surface area contributed by atoms with Gasteiger partial charge in [-0.15, -0.1) is 0 Å². The number of amides is 1. The fourth-order valence-corrected chi connectivity index (χ4v) is 2.10. The van der Waals surface area contributed by atoms with Gasteiger partial charge in [0.2, 0.25) is 0 Å². The SMILES string of the molecule is CN(CCc1ccncc1)C(=O)c1ncccc1Br. The van der Waals surface area contributed by atoms with E-state index >= 15 is 0 Å². The van der Waals surface area contributed by atoms with Gasteiger partial charge in [-0.3, -0.25) is 9.78 Å². The normalized spacial score (nSPS) is 10.2. The molecule has 0 saturated carbocycles. The maximum absolute atomic E-state index is 12.2. The molecule has 0 aromatic carbocycles. The largest absolute Gasteiger partial charge is 0.340 e. The van der Waals surface area contributed by atoms with Gasteiger partial charge in [-0.1, -0.05) is 0 Å². The summed E-state index contributed by atoms with van der Waals surface area (Å²) in [7, 11) is 1.78. The summed E-state index contributed by atoms with van der Waals surface area (Å²) in [6.45, 7) is 0.645. The Hall–Kier alpha value is -1.75. The van der Waals surface area contributed by atoms with E-state index in [1.807, 2.05) is 18.2 Å². The minimum absolute atomic E-state index is 0.0819. The van der Waals surface area contributed by atoms with E-state index in [4.69, 9.17) is 0 Å². The topological polar surface area (TPSA) is 46.1 Å². The fraction of sp³-hybridized carbons (Fsp3) is 0.214. The Labute approximate surface area is 120 Å². The molecular weight excluding hydrogens is 306 g/mol. The zero-order chi connectivity index (χ0) is 13.7.